The molecule has 12 aromatic rings. The normalized spacial score (nSPS) is 13.3. The van der Waals surface area contributed by atoms with Crippen LogP contribution in [0.15, 0.2) is 177 Å². The first-order valence-electron chi connectivity index (χ1n) is 20.3. The molecule has 0 aliphatic heterocycles. The summed E-state index contributed by atoms with van der Waals surface area (Å²) >= 11 is 0. The van der Waals surface area contributed by atoms with Gasteiger partial charge >= 0.3 is 0 Å². The predicted octanol–water partition coefficient (Wildman–Crippen LogP) is 14.5. The minimum atomic E-state index is -0.101. The monoisotopic (exact) mass is 771 g/mol. The molecule has 4 aromatic heterocycles. The zero-order valence-corrected chi connectivity index (χ0v) is 32.7. The number of aromatic nitrogens is 3. The third kappa shape index (κ3) is 4.61. The fourth-order valence-corrected chi connectivity index (χ4v) is 9.84. The molecule has 13 rings (SSSR count). The summed E-state index contributed by atoms with van der Waals surface area (Å²) in [5.41, 5.74) is 14.8. The Balaban J connectivity index is 1.08. The number of rotatable bonds is 4. The summed E-state index contributed by atoms with van der Waals surface area (Å²) in [7, 11) is 0. The van der Waals surface area contributed by atoms with Gasteiger partial charge in [0.1, 0.15) is 33.5 Å². The molecular formula is C54H33N3O3. The molecule has 0 unspecified atom stereocenters. The summed E-state index contributed by atoms with van der Waals surface area (Å²) < 4.78 is 19.3. The van der Waals surface area contributed by atoms with E-state index in [1.807, 2.05) is 72.8 Å². The van der Waals surface area contributed by atoms with Crippen LogP contribution >= 0.6 is 0 Å². The Morgan fingerprint density at radius 2 is 0.767 bits per heavy atom. The molecule has 1 aliphatic carbocycles. The molecule has 6 nitrogen and oxygen atoms in total. The van der Waals surface area contributed by atoms with Gasteiger partial charge in [0.15, 0.2) is 17.5 Å². The highest BCUT2D eigenvalue weighted by Crippen LogP contribution is 2.52. The maximum Gasteiger partial charge on any atom is 0.164 e. The highest BCUT2D eigenvalue weighted by atomic mass is 16.3. The van der Waals surface area contributed by atoms with E-state index < -0.39 is 0 Å². The van der Waals surface area contributed by atoms with Gasteiger partial charge in [-0.1, -0.05) is 135 Å². The zero-order chi connectivity index (χ0) is 39.7. The van der Waals surface area contributed by atoms with E-state index in [4.69, 9.17) is 28.2 Å². The van der Waals surface area contributed by atoms with Gasteiger partial charge in [-0.05, 0) is 75.8 Å². The van der Waals surface area contributed by atoms with Gasteiger partial charge in [0, 0.05) is 54.4 Å². The number of furan rings is 3. The minimum Gasteiger partial charge on any atom is -0.456 e. The lowest BCUT2D eigenvalue weighted by molar-refractivity contribution is 0.660. The van der Waals surface area contributed by atoms with E-state index in [9.17, 15) is 0 Å². The summed E-state index contributed by atoms with van der Waals surface area (Å²) in [5, 5.41) is 5.87. The zero-order valence-electron chi connectivity index (χ0n) is 32.7. The van der Waals surface area contributed by atoms with E-state index in [-0.39, 0.29) is 5.41 Å². The Morgan fingerprint density at radius 3 is 1.35 bits per heavy atom. The average molecular weight is 772 g/mol. The van der Waals surface area contributed by atoms with Gasteiger partial charge in [-0.2, -0.15) is 0 Å². The van der Waals surface area contributed by atoms with Crippen molar-refractivity contribution >= 4 is 65.8 Å². The van der Waals surface area contributed by atoms with Crippen molar-refractivity contribution in [2.45, 2.75) is 19.3 Å². The number of benzene rings is 8. The maximum atomic E-state index is 6.61. The van der Waals surface area contributed by atoms with Gasteiger partial charge in [0.05, 0.1) is 0 Å². The molecule has 0 N–H and O–H groups in total. The average Bonchev–Trinajstić information content (AvgIpc) is 4.04. The Bertz CT molecular complexity index is 3640. The van der Waals surface area contributed by atoms with Gasteiger partial charge in [-0.25, -0.2) is 15.0 Å². The van der Waals surface area contributed by atoms with E-state index >= 15 is 0 Å². The van der Waals surface area contributed by atoms with Crippen LogP contribution in [0.5, 0.6) is 0 Å². The SMILES string of the molecule is CC1(C)c2ccccc2-c2c(-c3ccc4oc5cccc(-c6nc(-c7cccc8oc9ccccc9c78)nc(-c7cccc8oc9ccccc9c78)n6)c5c4c3)cccc21. The first kappa shape index (κ1) is 33.2. The van der Waals surface area contributed by atoms with Gasteiger partial charge in [0.2, 0.25) is 0 Å². The summed E-state index contributed by atoms with van der Waals surface area (Å²) in [6.07, 6.45) is 0. The van der Waals surface area contributed by atoms with Gasteiger partial charge in [-0.3, -0.25) is 0 Å². The molecule has 6 heteroatoms. The van der Waals surface area contributed by atoms with Crippen LogP contribution in [-0.4, -0.2) is 15.0 Å². The lowest BCUT2D eigenvalue weighted by atomic mass is 9.82. The molecule has 1 aliphatic rings. The first-order valence-corrected chi connectivity index (χ1v) is 20.3. The topological polar surface area (TPSA) is 78.1 Å². The van der Waals surface area contributed by atoms with Crippen molar-refractivity contribution < 1.29 is 13.3 Å². The molecule has 282 valence electrons. The molecule has 0 bridgehead atoms. The van der Waals surface area contributed by atoms with E-state index in [1.54, 1.807) is 0 Å². The fraction of sp³-hybridized carbons (Fsp3) is 0.0556. The molecule has 0 saturated heterocycles. The fourth-order valence-electron chi connectivity index (χ4n) is 9.84. The molecule has 4 heterocycles. The van der Waals surface area contributed by atoms with Crippen molar-refractivity contribution in [2.24, 2.45) is 0 Å². The Hall–Kier alpha value is -7.83. The minimum absolute atomic E-state index is 0.101. The van der Waals surface area contributed by atoms with E-state index in [1.165, 1.54) is 27.8 Å². The molecular weight excluding hydrogens is 739 g/mol. The van der Waals surface area contributed by atoms with Crippen LogP contribution in [0.3, 0.4) is 0 Å². The highest BCUT2D eigenvalue weighted by Gasteiger charge is 2.36. The lowest BCUT2D eigenvalue weighted by Crippen LogP contribution is -2.14. The van der Waals surface area contributed by atoms with E-state index in [0.29, 0.717) is 17.5 Å². The second kappa shape index (κ2) is 12.1. The number of hydrogen-bond acceptors (Lipinski definition) is 6. The van der Waals surface area contributed by atoms with Crippen LogP contribution in [0, 0.1) is 0 Å². The summed E-state index contributed by atoms with van der Waals surface area (Å²) in [4.78, 5) is 16.0. The highest BCUT2D eigenvalue weighted by molar-refractivity contribution is 6.15. The number of nitrogens with zero attached hydrogens (tertiary/aromatic N) is 3. The van der Waals surface area contributed by atoms with Crippen molar-refractivity contribution in [3.05, 3.63) is 175 Å². The van der Waals surface area contributed by atoms with Gasteiger partial charge in [-0.15, -0.1) is 0 Å². The third-order valence-corrected chi connectivity index (χ3v) is 12.6. The van der Waals surface area contributed by atoms with Crippen molar-refractivity contribution in [2.75, 3.05) is 0 Å². The van der Waals surface area contributed by atoms with Crippen LogP contribution in [0.4, 0.5) is 0 Å². The quantitative estimate of drug-likeness (QED) is 0.177. The lowest BCUT2D eigenvalue weighted by Gasteiger charge is -2.21. The number of fused-ring (bicyclic) bond motifs is 12. The van der Waals surface area contributed by atoms with Crippen molar-refractivity contribution in [1.29, 1.82) is 0 Å². The largest absolute Gasteiger partial charge is 0.456 e. The van der Waals surface area contributed by atoms with Crippen LogP contribution in [0.2, 0.25) is 0 Å². The van der Waals surface area contributed by atoms with Crippen LogP contribution in [-0.2, 0) is 5.41 Å². The van der Waals surface area contributed by atoms with Crippen LogP contribution < -0.4 is 0 Å². The number of hydrogen-bond donors (Lipinski definition) is 0. The first-order chi connectivity index (χ1) is 29.5. The summed E-state index contributed by atoms with van der Waals surface area (Å²) in [6.45, 7) is 4.64. The van der Waals surface area contributed by atoms with Gasteiger partial charge < -0.3 is 13.3 Å². The molecule has 8 aromatic carbocycles. The van der Waals surface area contributed by atoms with Gasteiger partial charge in [0.25, 0.3) is 0 Å². The molecule has 0 amide bonds. The number of para-hydroxylation sites is 2. The second-order valence-electron chi connectivity index (χ2n) is 16.3. The molecule has 0 atom stereocenters. The smallest absolute Gasteiger partial charge is 0.164 e. The Morgan fingerprint density at radius 1 is 0.350 bits per heavy atom. The summed E-state index contributed by atoms with van der Waals surface area (Å²) in [5.74, 6) is 1.63. The molecule has 60 heavy (non-hydrogen) atoms. The molecule has 0 spiro atoms. The Labute approximate surface area is 343 Å². The molecule has 0 saturated carbocycles. The van der Waals surface area contributed by atoms with Crippen molar-refractivity contribution in [1.82, 2.24) is 15.0 Å². The second-order valence-corrected chi connectivity index (χ2v) is 16.3. The van der Waals surface area contributed by atoms with Crippen LogP contribution in [0.1, 0.15) is 25.0 Å². The van der Waals surface area contributed by atoms with E-state index in [2.05, 4.69) is 105 Å². The Kier molecular flexibility index (Phi) is 6.69. The molecule has 0 fully saturated rings. The van der Waals surface area contributed by atoms with Crippen molar-refractivity contribution in [3.8, 4) is 56.4 Å². The van der Waals surface area contributed by atoms with E-state index in [0.717, 1.165) is 88.1 Å². The standard InChI is InChI=1S/C54H33N3O3/c1-54(2)39-20-6-3-13-32(39)47-31(16-9-21-40(47)54)30-27-28-43-38(29-30)50-37(19-12-26-46(50)60-43)53-56-51(35-17-10-24-44-48(35)33-14-4-7-22-41(33)58-44)55-52(57-53)36-18-11-25-45-49(36)34-15-5-8-23-42(34)59-45/h3-29H,1-2H3. The van der Waals surface area contributed by atoms with Crippen LogP contribution in [0.25, 0.3) is 122 Å². The summed E-state index contributed by atoms with van der Waals surface area (Å²) in [6, 6.07) is 56.5. The molecule has 0 radical (unpaired) electrons. The third-order valence-electron chi connectivity index (χ3n) is 12.6. The maximum absolute atomic E-state index is 6.61. The predicted molar refractivity (Wildman–Crippen MR) is 241 cm³/mol. The van der Waals surface area contributed by atoms with Crippen molar-refractivity contribution in [3.63, 3.8) is 0 Å².